The van der Waals surface area contributed by atoms with Gasteiger partial charge in [0.2, 0.25) is 5.91 Å². The number of rotatable bonds is 5. The van der Waals surface area contributed by atoms with Crippen LogP contribution >= 0.6 is 0 Å². The number of nitrogens with zero attached hydrogens (tertiary/aromatic N) is 1. The average Bonchev–Trinajstić information content (AvgIpc) is 2.90. The normalized spacial score (nSPS) is 19.7. The van der Waals surface area contributed by atoms with Gasteiger partial charge in [-0.2, -0.15) is 0 Å². The van der Waals surface area contributed by atoms with E-state index in [1.165, 1.54) is 12.8 Å². The third-order valence-electron chi connectivity index (χ3n) is 3.56. The maximum absolute atomic E-state index is 12.0. The lowest BCUT2D eigenvalue weighted by atomic mass is 9.94. The molecule has 1 amide bonds. The molecule has 4 heteroatoms. The molecule has 1 saturated heterocycles. The highest BCUT2D eigenvalue weighted by Gasteiger charge is 2.16. The Kier molecular flexibility index (Phi) is 4.81. The van der Waals surface area contributed by atoms with E-state index in [0.717, 1.165) is 25.3 Å². The molecule has 0 aromatic carbocycles. The van der Waals surface area contributed by atoms with Crippen molar-refractivity contribution >= 4 is 5.91 Å². The SMILES string of the molecule is CN(Cc1ccco1)C(=O)CCC1CCCNC1. The van der Waals surface area contributed by atoms with E-state index in [4.69, 9.17) is 4.42 Å². The Labute approximate surface area is 108 Å². The first-order valence-electron chi connectivity index (χ1n) is 6.73. The smallest absolute Gasteiger partial charge is 0.222 e. The Balaban J connectivity index is 1.70. The summed E-state index contributed by atoms with van der Waals surface area (Å²) in [4.78, 5) is 13.7. The molecule has 1 aromatic heterocycles. The summed E-state index contributed by atoms with van der Waals surface area (Å²) in [5, 5.41) is 3.38. The van der Waals surface area contributed by atoms with E-state index in [2.05, 4.69) is 5.32 Å². The van der Waals surface area contributed by atoms with Gasteiger partial charge in [-0.05, 0) is 50.4 Å². The molecule has 1 N–H and O–H groups in total. The van der Waals surface area contributed by atoms with Crippen LogP contribution in [-0.2, 0) is 11.3 Å². The lowest BCUT2D eigenvalue weighted by Crippen LogP contribution is -2.31. The molecule has 1 unspecified atom stereocenters. The lowest BCUT2D eigenvalue weighted by Gasteiger charge is -2.23. The Hall–Kier alpha value is -1.29. The van der Waals surface area contributed by atoms with Gasteiger partial charge < -0.3 is 14.6 Å². The van der Waals surface area contributed by atoms with Crippen molar-refractivity contribution in [2.75, 3.05) is 20.1 Å². The highest BCUT2D eigenvalue weighted by Crippen LogP contribution is 2.16. The van der Waals surface area contributed by atoms with Crippen LogP contribution in [0.1, 0.15) is 31.4 Å². The molecule has 0 spiro atoms. The summed E-state index contributed by atoms with van der Waals surface area (Å²) in [5.41, 5.74) is 0. The highest BCUT2D eigenvalue weighted by atomic mass is 16.3. The predicted octanol–water partition coefficient (Wildman–Crippen LogP) is 2.02. The molecule has 1 atom stereocenters. The fourth-order valence-corrected chi connectivity index (χ4v) is 2.41. The standard InChI is InChI=1S/C14H22N2O2/c1-16(11-13-5-3-9-18-13)14(17)7-6-12-4-2-8-15-10-12/h3,5,9,12,15H,2,4,6-8,10-11H2,1H3. The first-order valence-corrected chi connectivity index (χ1v) is 6.73. The van der Waals surface area contributed by atoms with Crippen LogP contribution in [0.25, 0.3) is 0 Å². The van der Waals surface area contributed by atoms with Gasteiger partial charge in [0.15, 0.2) is 0 Å². The number of nitrogens with one attached hydrogen (secondary N) is 1. The van der Waals surface area contributed by atoms with Crippen LogP contribution in [0.4, 0.5) is 0 Å². The summed E-state index contributed by atoms with van der Waals surface area (Å²) in [6, 6.07) is 3.75. The maximum Gasteiger partial charge on any atom is 0.222 e. The monoisotopic (exact) mass is 250 g/mol. The summed E-state index contributed by atoms with van der Waals surface area (Å²) >= 11 is 0. The van der Waals surface area contributed by atoms with Crippen molar-refractivity contribution in [3.8, 4) is 0 Å². The predicted molar refractivity (Wildman–Crippen MR) is 70.0 cm³/mol. The van der Waals surface area contributed by atoms with Crippen molar-refractivity contribution in [1.82, 2.24) is 10.2 Å². The number of carbonyl (C=O) groups is 1. The number of piperidine rings is 1. The van der Waals surface area contributed by atoms with Crippen molar-refractivity contribution < 1.29 is 9.21 Å². The maximum atomic E-state index is 12.0. The van der Waals surface area contributed by atoms with Crippen molar-refractivity contribution in [3.05, 3.63) is 24.2 Å². The van der Waals surface area contributed by atoms with E-state index >= 15 is 0 Å². The van der Waals surface area contributed by atoms with E-state index < -0.39 is 0 Å². The minimum Gasteiger partial charge on any atom is -0.467 e. The molecule has 100 valence electrons. The minimum absolute atomic E-state index is 0.206. The average molecular weight is 250 g/mol. The van der Waals surface area contributed by atoms with Gasteiger partial charge in [0, 0.05) is 13.5 Å². The Morgan fingerprint density at radius 3 is 3.17 bits per heavy atom. The molecule has 1 aliphatic rings. The van der Waals surface area contributed by atoms with Gasteiger partial charge >= 0.3 is 0 Å². The molecule has 2 heterocycles. The fraction of sp³-hybridized carbons (Fsp3) is 0.643. The second kappa shape index (κ2) is 6.59. The zero-order chi connectivity index (χ0) is 12.8. The van der Waals surface area contributed by atoms with E-state index in [-0.39, 0.29) is 5.91 Å². The molecular formula is C14H22N2O2. The summed E-state index contributed by atoms with van der Waals surface area (Å²) in [5.74, 6) is 1.71. The van der Waals surface area contributed by atoms with E-state index in [1.807, 2.05) is 19.2 Å². The summed E-state index contributed by atoms with van der Waals surface area (Å²) in [6.07, 6.45) is 5.77. The van der Waals surface area contributed by atoms with Crippen LogP contribution in [0.15, 0.2) is 22.8 Å². The molecule has 0 saturated carbocycles. The number of amides is 1. The van der Waals surface area contributed by atoms with E-state index in [1.54, 1.807) is 11.2 Å². The Bertz CT molecular complexity index is 356. The highest BCUT2D eigenvalue weighted by molar-refractivity contribution is 5.75. The zero-order valence-corrected chi connectivity index (χ0v) is 11.0. The van der Waals surface area contributed by atoms with Crippen molar-refractivity contribution in [2.24, 2.45) is 5.92 Å². The molecule has 0 aliphatic carbocycles. The third kappa shape index (κ3) is 3.88. The van der Waals surface area contributed by atoms with Gasteiger partial charge in [0.25, 0.3) is 0 Å². The lowest BCUT2D eigenvalue weighted by molar-refractivity contribution is -0.131. The van der Waals surface area contributed by atoms with E-state index in [9.17, 15) is 4.79 Å². The third-order valence-corrected chi connectivity index (χ3v) is 3.56. The molecule has 0 bridgehead atoms. The number of hydrogen-bond donors (Lipinski definition) is 1. The number of furan rings is 1. The summed E-state index contributed by atoms with van der Waals surface area (Å²) in [6.45, 7) is 2.76. The van der Waals surface area contributed by atoms with Gasteiger partial charge in [-0.15, -0.1) is 0 Å². The molecule has 1 aromatic rings. The molecular weight excluding hydrogens is 228 g/mol. The zero-order valence-electron chi connectivity index (χ0n) is 11.0. The minimum atomic E-state index is 0.206. The number of hydrogen-bond acceptors (Lipinski definition) is 3. The molecule has 1 aliphatic heterocycles. The van der Waals surface area contributed by atoms with Crippen LogP contribution in [-0.4, -0.2) is 30.9 Å². The summed E-state index contributed by atoms with van der Waals surface area (Å²) in [7, 11) is 1.84. The first kappa shape index (κ1) is 13.1. The largest absolute Gasteiger partial charge is 0.467 e. The van der Waals surface area contributed by atoms with Crippen LogP contribution in [0.3, 0.4) is 0 Å². The van der Waals surface area contributed by atoms with Gasteiger partial charge in [-0.1, -0.05) is 0 Å². The fourth-order valence-electron chi connectivity index (χ4n) is 2.41. The Morgan fingerprint density at radius 1 is 1.61 bits per heavy atom. The molecule has 4 nitrogen and oxygen atoms in total. The molecule has 18 heavy (non-hydrogen) atoms. The first-order chi connectivity index (χ1) is 8.75. The van der Waals surface area contributed by atoms with Gasteiger partial charge in [-0.3, -0.25) is 4.79 Å². The second-order valence-electron chi connectivity index (χ2n) is 5.08. The van der Waals surface area contributed by atoms with Crippen molar-refractivity contribution in [2.45, 2.75) is 32.2 Å². The Morgan fingerprint density at radius 2 is 2.50 bits per heavy atom. The molecule has 1 fully saturated rings. The summed E-state index contributed by atoms with van der Waals surface area (Å²) < 4.78 is 5.24. The van der Waals surface area contributed by atoms with Gasteiger partial charge in [0.05, 0.1) is 12.8 Å². The van der Waals surface area contributed by atoms with Crippen LogP contribution < -0.4 is 5.32 Å². The molecule has 0 radical (unpaired) electrons. The second-order valence-corrected chi connectivity index (χ2v) is 5.08. The van der Waals surface area contributed by atoms with Crippen molar-refractivity contribution in [3.63, 3.8) is 0 Å². The topological polar surface area (TPSA) is 45.5 Å². The van der Waals surface area contributed by atoms with E-state index in [0.29, 0.717) is 18.9 Å². The molecule has 2 rings (SSSR count). The van der Waals surface area contributed by atoms with Gasteiger partial charge in [-0.25, -0.2) is 0 Å². The van der Waals surface area contributed by atoms with Gasteiger partial charge in [0.1, 0.15) is 5.76 Å². The van der Waals surface area contributed by atoms with Crippen LogP contribution in [0, 0.1) is 5.92 Å². The van der Waals surface area contributed by atoms with Crippen LogP contribution in [0.2, 0.25) is 0 Å². The number of carbonyl (C=O) groups excluding carboxylic acids is 1. The van der Waals surface area contributed by atoms with Crippen LogP contribution in [0.5, 0.6) is 0 Å². The quantitative estimate of drug-likeness (QED) is 0.869. The van der Waals surface area contributed by atoms with Crippen molar-refractivity contribution in [1.29, 1.82) is 0 Å².